The second-order valence-corrected chi connectivity index (χ2v) is 7.69. The van der Waals surface area contributed by atoms with Gasteiger partial charge in [0.05, 0.1) is 5.39 Å². The maximum absolute atomic E-state index is 13.2. The van der Waals surface area contributed by atoms with Crippen LogP contribution < -0.4 is 10.2 Å². The highest BCUT2D eigenvalue weighted by molar-refractivity contribution is 6.31. The van der Waals surface area contributed by atoms with E-state index in [0.717, 1.165) is 5.56 Å². The molecule has 4 rings (SSSR count). The molecule has 4 aromatic rings. The lowest BCUT2D eigenvalue weighted by Crippen LogP contribution is -2.17. The van der Waals surface area contributed by atoms with E-state index in [2.05, 4.69) is 0 Å². The van der Waals surface area contributed by atoms with E-state index in [0.29, 0.717) is 32.1 Å². The Balaban J connectivity index is 1.77. The fourth-order valence-electron chi connectivity index (χ4n) is 3.06. The number of Topliss-reactive ketones (excluding diaryl/α,β-unsaturated/α-hetero) is 1. The van der Waals surface area contributed by atoms with Crippen molar-refractivity contribution >= 4 is 40.0 Å². The van der Waals surface area contributed by atoms with Gasteiger partial charge in [-0.15, -0.1) is 0 Å². The van der Waals surface area contributed by atoms with Gasteiger partial charge in [0.15, 0.2) is 18.2 Å². The van der Waals surface area contributed by atoms with Gasteiger partial charge < -0.3 is 9.15 Å². The van der Waals surface area contributed by atoms with Crippen LogP contribution >= 0.6 is 23.2 Å². The molecule has 0 aliphatic heterocycles. The summed E-state index contributed by atoms with van der Waals surface area (Å²) in [5.74, 6) is -0.0493. The number of halogens is 2. The maximum Gasteiger partial charge on any atom is 0.235 e. The molecule has 3 aromatic carbocycles. The topological polar surface area (TPSA) is 56.5 Å². The van der Waals surface area contributed by atoms with Gasteiger partial charge >= 0.3 is 0 Å². The lowest BCUT2D eigenvalue weighted by Gasteiger charge is -2.12. The van der Waals surface area contributed by atoms with E-state index < -0.39 is 0 Å². The first-order chi connectivity index (χ1) is 14.4. The summed E-state index contributed by atoms with van der Waals surface area (Å²) >= 11 is 11.9. The van der Waals surface area contributed by atoms with Crippen LogP contribution in [-0.2, 0) is 0 Å². The minimum atomic E-state index is -0.342. The van der Waals surface area contributed by atoms with Crippen LogP contribution in [-0.4, -0.2) is 12.4 Å². The van der Waals surface area contributed by atoms with Crippen LogP contribution in [0.3, 0.4) is 0 Å². The van der Waals surface area contributed by atoms with Crippen molar-refractivity contribution in [2.75, 3.05) is 6.61 Å². The summed E-state index contributed by atoms with van der Waals surface area (Å²) in [7, 11) is 0. The molecule has 1 heterocycles. The van der Waals surface area contributed by atoms with Crippen molar-refractivity contribution in [1.29, 1.82) is 0 Å². The number of ketones is 1. The summed E-state index contributed by atoms with van der Waals surface area (Å²) in [5.41, 5.74) is 2.12. The lowest BCUT2D eigenvalue weighted by molar-refractivity contribution is 0.0920. The molecule has 0 spiro atoms. The predicted molar refractivity (Wildman–Crippen MR) is 119 cm³/mol. The minimum Gasteiger partial charge on any atom is -0.478 e. The third-order valence-electron chi connectivity index (χ3n) is 4.63. The highest BCUT2D eigenvalue weighted by atomic mass is 35.5. The Morgan fingerprint density at radius 1 is 0.933 bits per heavy atom. The molecule has 0 amide bonds. The van der Waals surface area contributed by atoms with Crippen LogP contribution in [0.4, 0.5) is 0 Å². The van der Waals surface area contributed by atoms with Gasteiger partial charge in [0.25, 0.3) is 0 Å². The molecule has 0 N–H and O–H groups in total. The molecule has 0 fully saturated rings. The minimum absolute atomic E-state index is 0.0176. The number of hydrogen-bond donors (Lipinski definition) is 0. The summed E-state index contributed by atoms with van der Waals surface area (Å²) < 4.78 is 11.8. The molecule has 1 aromatic heterocycles. The fourth-order valence-corrected chi connectivity index (χ4v) is 3.31. The van der Waals surface area contributed by atoms with E-state index in [9.17, 15) is 9.59 Å². The molecule has 0 saturated heterocycles. The third-order valence-corrected chi connectivity index (χ3v) is 5.13. The summed E-state index contributed by atoms with van der Waals surface area (Å²) in [6.07, 6.45) is 0. The molecule has 150 valence electrons. The maximum atomic E-state index is 13.2. The monoisotopic (exact) mass is 438 g/mol. The molecule has 0 aliphatic carbocycles. The number of carbonyl (C=O) groups is 1. The molecule has 0 saturated carbocycles. The SMILES string of the molecule is Cc1ccc2c(=O)c(OCC(=O)c3ccc(Cl)cc3)c(-c3ccc(Cl)cc3)oc2c1. The van der Waals surface area contributed by atoms with Crippen LogP contribution in [0.25, 0.3) is 22.3 Å². The van der Waals surface area contributed by atoms with Crippen molar-refractivity contribution in [2.45, 2.75) is 6.92 Å². The van der Waals surface area contributed by atoms with Crippen molar-refractivity contribution in [3.63, 3.8) is 0 Å². The number of hydrogen-bond acceptors (Lipinski definition) is 4. The number of benzene rings is 3. The zero-order valence-electron chi connectivity index (χ0n) is 15.9. The van der Waals surface area contributed by atoms with E-state index in [-0.39, 0.29) is 29.3 Å². The quantitative estimate of drug-likeness (QED) is 0.341. The second kappa shape index (κ2) is 8.34. The Hall–Kier alpha value is -3.08. The number of carbonyl (C=O) groups excluding carboxylic acids is 1. The van der Waals surface area contributed by atoms with Gasteiger partial charge in [0.2, 0.25) is 11.2 Å². The van der Waals surface area contributed by atoms with Crippen LogP contribution in [0.2, 0.25) is 10.0 Å². The fraction of sp³-hybridized carbons (Fsp3) is 0.0833. The highest BCUT2D eigenvalue weighted by Gasteiger charge is 2.19. The van der Waals surface area contributed by atoms with Crippen LogP contribution in [0.5, 0.6) is 5.75 Å². The number of fused-ring (bicyclic) bond motifs is 1. The van der Waals surface area contributed by atoms with Gasteiger partial charge in [-0.2, -0.15) is 0 Å². The first-order valence-corrected chi connectivity index (χ1v) is 9.93. The Morgan fingerprint density at radius 3 is 2.23 bits per heavy atom. The predicted octanol–water partition coefficient (Wildman–Crippen LogP) is 6.34. The smallest absolute Gasteiger partial charge is 0.235 e. The average molecular weight is 439 g/mol. The van der Waals surface area contributed by atoms with Gasteiger partial charge in [0.1, 0.15) is 5.58 Å². The average Bonchev–Trinajstić information content (AvgIpc) is 2.73. The summed E-state index contributed by atoms with van der Waals surface area (Å²) in [4.78, 5) is 25.7. The highest BCUT2D eigenvalue weighted by Crippen LogP contribution is 2.32. The Bertz CT molecular complexity index is 1290. The number of rotatable bonds is 5. The number of ether oxygens (including phenoxy) is 1. The summed E-state index contributed by atoms with van der Waals surface area (Å²) in [5, 5.41) is 1.47. The van der Waals surface area contributed by atoms with Crippen molar-refractivity contribution in [1.82, 2.24) is 0 Å². The molecule has 0 atom stereocenters. The Morgan fingerprint density at radius 2 is 1.57 bits per heavy atom. The largest absolute Gasteiger partial charge is 0.478 e. The first-order valence-electron chi connectivity index (χ1n) is 9.17. The van der Waals surface area contributed by atoms with Crippen molar-refractivity contribution in [2.24, 2.45) is 0 Å². The van der Waals surface area contributed by atoms with Crippen molar-refractivity contribution in [3.05, 3.63) is 98.1 Å². The third kappa shape index (κ3) is 4.11. The molecule has 0 radical (unpaired) electrons. The zero-order valence-corrected chi connectivity index (χ0v) is 17.5. The van der Waals surface area contributed by atoms with E-state index in [1.807, 2.05) is 13.0 Å². The molecular formula is C24H16Cl2O4. The van der Waals surface area contributed by atoms with E-state index >= 15 is 0 Å². The zero-order chi connectivity index (χ0) is 21.3. The van der Waals surface area contributed by atoms with Gasteiger partial charge in [-0.25, -0.2) is 0 Å². The van der Waals surface area contributed by atoms with E-state index in [1.54, 1.807) is 60.7 Å². The lowest BCUT2D eigenvalue weighted by atomic mass is 10.1. The van der Waals surface area contributed by atoms with Crippen molar-refractivity contribution < 1.29 is 13.9 Å². The molecule has 4 nitrogen and oxygen atoms in total. The molecule has 0 aliphatic rings. The van der Waals surface area contributed by atoms with Gasteiger partial charge in [-0.3, -0.25) is 9.59 Å². The van der Waals surface area contributed by atoms with E-state index in [1.165, 1.54) is 0 Å². The Kier molecular flexibility index (Phi) is 5.62. The van der Waals surface area contributed by atoms with Crippen molar-refractivity contribution in [3.8, 4) is 17.1 Å². The van der Waals surface area contributed by atoms with Gasteiger partial charge in [0, 0.05) is 21.2 Å². The summed E-state index contributed by atoms with van der Waals surface area (Å²) in [6, 6.07) is 18.6. The molecule has 0 bridgehead atoms. The molecule has 30 heavy (non-hydrogen) atoms. The van der Waals surface area contributed by atoms with E-state index in [4.69, 9.17) is 32.4 Å². The first kappa shape index (κ1) is 20.2. The van der Waals surface area contributed by atoms with Crippen LogP contribution in [0, 0.1) is 6.92 Å². The van der Waals surface area contributed by atoms with Crippen LogP contribution in [0.1, 0.15) is 15.9 Å². The van der Waals surface area contributed by atoms with Gasteiger partial charge in [-0.05, 0) is 73.2 Å². The second-order valence-electron chi connectivity index (χ2n) is 6.81. The normalized spacial score (nSPS) is 10.9. The Labute approximate surface area is 182 Å². The molecule has 6 heteroatoms. The number of aryl methyl sites for hydroxylation is 1. The van der Waals surface area contributed by atoms with Crippen LogP contribution in [0.15, 0.2) is 75.9 Å². The summed E-state index contributed by atoms with van der Waals surface area (Å²) in [6.45, 7) is 1.60. The van der Waals surface area contributed by atoms with Gasteiger partial charge in [-0.1, -0.05) is 29.3 Å². The standard InChI is InChI=1S/C24H16Cl2O4/c1-14-2-11-19-21(12-14)30-23(16-5-9-18(26)10-6-16)24(22(19)28)29-13-20(27)15-3-7-17(25)8-4-15/h2-12H,13H2,1H3. The molecule has 0 unspecified atom stereocenters. The molecular weight excluding hydrogens is 423 g/mol.